The lowest BCUT2D eigenvalue weighted by atomic mass is 9.73. The maximum absolute atomic E-state index is 11.7. The number of likely N-dealkylation sites (N-methyl/N-ethyl adjacent to an activating group) is 1. The van der Waals surface area contributed by atoms with E-state index in [1.165, 1.54) is 6.42 Å². The van der Waals surface area contributed by atoms with Gasteiger partial charge in [-0.25, -0.2) is 0 Å². The van der Waals surface area contributed by atoms with Crippen molar-refractivity contribution in [2.24, 2.45) is 5.41 Å². The minimum Gasteiger partial charge on any atom is -0.481 e. The lowest BCUT2D eigenvalue weighted by molar-refractivity contribution is -0.153. The fourth-order valence-electron chi connectivity index (χ4n) is 3.69. The molecule has 0 radical (unpaired) electrons. The van der Waals surface area contributed by atoms with Crippen LogP contribution in [-0.4, -0.2) is 60.1 Å². The van der Waals surface area contributed by atoms with Crippen molar-refractivity contribution in [3.8, 4) is 0 Å². The fourth-order valence-corrected chi connectivity index (χ4v) is 3.69. The van der Waals surface area contributed by atoms with Crippen molar-refractivity contribution >= 4 is 5.97 Å². The molecule has 0 bridgehead atoms. The fraction of sp³-hybridized carbons (Fsp3) is 0.933. The third-order valence-corrected chi connectivity index (χ3v) is 5.12. The van der Waals surface area contributed by atoms with E-state index in [9.17, 15) is 9.90 Å². The first-order chi connectivity index (χ1) is 9.07. The summed E-state index contributed by atoms with van der Waals surface area (Å²) in [5, 5.41) is 9.66. The molecule has 0 aromatic rings. The Bertz CT molecular complexity index is 313. The molecule has 110 valence electrons. The van der Waals surface area contributed by atoms with Crippen LogP contribution < -0.4 is 0 Å². The molecular weight excluding hydrogens is 240 g/mol. The van der Waals surface area contributed by atoms with Gasteiger partial charge in [-0.05, 0) is 26.3 Å². The lowest BCUT2D eigenvalue weighted by Crippen LogP contribution is -2.55. The highest BCUT2D eigenvalue weighted by Gasteiger charge is 2.41. The van der Waals surface area contributed by atoms with Gasteiger partial charge in [0.1, 0.15) is 0 Å². The predicted octanol–water partition coefficient (Wildman–Crippen LogP) is 2.05. The zero-order valence-electron chi connectivity index (χ0n) is 12.4. The summed E-state index contributed by atoms with van der Waals surface area (Å²) < 4.78 is 0. The summed E-state index contributed by atoms with van der Waals surface area (Å²) in [6.07, 6.45) is 6.24. The van der Waals surface area contributed by atoms with Crippen LogP contribution in [0.5, 0.6) is 0 Å². The Labute approximate surface area is 116 Å². The molecule has 0 spiro atoms. The molecule has 0 aromatic heterocycles. The number of carbonyl (C=O) groups is 1. The highest BCUT2D eigenvalue weighted by Crippen LogP contribution is 2.37. The van der Waals surface area contributed by atoms with Crippen LogP contribution in [-0.2, 0) is 4.79 Å². The van der Waals surface area contributed by atoms with Crippen LogP contribution in [0.2, 0.25) is 0 Å². The van der Waals surface area contributed by atoms with Gasteiger partial charge in [0.05, 0.1) is 5.41 Å². The normalized spacial score (nSPS) is 29.3. The molecular formula is C15H28N2O2. The van der Waals surface area contributed by atoms with Crippen molar-refractivity contribution in [1.82, 2.24) is 9.80 Å². The quantitative estimate of drug-likeness (QED) is 0.847. The largest absolute Gasteiger partial charge is 0.481 e. The second kappa shape index (κ2) is 6.23. The minimum atomic E-state index is -0.570. The summed E-state index contributed by atoms with van der Waals surface area (Å²) in [4.78, 5) is 16.5. The number of hydrogen-bond donors (Lipinski definition) is 1. The molecule has 2 fully saturated rings. The summed E-state index contributed by atoms with van der Waals surface area (Å²) >= 11 is 0. The average molecular weight is 268 g/mol. The molecule has 0 aromatic carbocycles. The number of hydrogen-bond acceptors (Lipinski definition) is 3. The molecule has 1 unspecified atom stereocenters. The number of piperazine rings is 1. The zero-order chi connectivity index (χ0) is 13.9. The van der Waals surface area contributed by atoms with E-state index in [0.29, 0.717) is 6.04 Å². The number of carboxylic acid groups (broad SMARTS) is 1. The van der Waals surface area contributed by atoms with E-state index < -0.39 is 11.4 Å². The van der Waals surface area contributed by atoms with Crippen molar-refractivity contribution in [3.05, 3.63) is 0 Å². The van der Waals surface area contributed by atoms with Crippen molar-refractivity contribution in [2.45, 2.75) is 51.5 Å². The molecule has 1 heterocycles. The Kier molecular flexibility index (Phi) is 4.85. The molecule has 1 saturated carbocycles. The van der Waals surface area contributed by atoms with Gasteiger partial charge in [0.15, 0.2) is 0 Å². The van der Waals surface area contributed by atoms with E-state index in [1.807, 2.05) is 0 Å². The second-order valence-corrected chi connectivity index (χ2v) is 6.42. The number of aliphatic carboxylic acids is 1. The van der Waals surface area contributed by atoms with Gasteiger partial charge < -0.3 is 10.0 Å². The Balaban J connectivity index is 1.99. The average Bonchev–Trinajstić information content (AvgIpc) is 2.42. The first-order valence-corrected chi connectivity index (χ1v) is 7.73. The first kappa shape index (κ1) is 14.8. The molecule has 0 amide bonds. The first-order valence-electron chi connectivity index (χ1n) is 7.73. The van der Waals surface area contributed by atoms with Gasteiger partial charge in [-0.1, -0.05) is 26.2 Å². The van der Waals surface area contributed by atoms with Gasteiger partial charge in [-0.2, -0.15) is 0 Å². The number of rotatable bonds is 4. The van der Waals surface area contributed by atoms with Crippen LogP contribution in [0.25, 0.3) is 0 Å². The molecule has 1 aliphatic carbocycles. The van der Waals surface area contributed by atoms with Gasteiger partial charge in [-0.3, -0.25) is 9.69 Å². The monoisotopic (exact) mass is 268 g/mol. The van der Waals surface area contributed by atoms with E-state index in [0.717, 1.165) is 58.3 Å². The van der Waals surface area contributed by atoms with E-state index in [2.05, 4.69) is 23.8 Å². The van der Waals surface area contributed by atoms with Gasteiger partial charge in [0, 0.05) is 32.2 Å². The zero-order valence-corrected chi connectivity index (χ0v) is 12.4. The van der Waals surface area contributed by atoms with E-state index in [4.69, 9.17) is 0 Å². The smallest absolute Gasteiger partial charge is 0.310 e. The van der Waals surface area contributed by atoms with Crippen LogP contribution in [0.15, 0.2) is 0 Å². The molecule has 4 nitrogen and oxygen atoms in total. The van der Waals surface area contributed by atoms with E-state index >= 15 is 0 Å². The van der Waals surface area contributed by atoms with Crippen LogP contribution in [0.3, 0.4) is 0 Å². The number of carboxylic acids is 1. The maximum Gasteiger partial charge on any atom is 0.310 e. The van der Waals surface area contributed by atoms with Gasteiger partial charge in [0.2, 0.25) is 0 Å². The summed E-state index contributed by atoms with van der Waals surface area (Å²) in [7, 11) is 2.18. The van der Waals surface area contributed by atoms with Crippen molar-refractivity contribution in [3.63, 3.8) is 0 Å². The summed E-state index contributed by atoms with van der Waals surface area (Å²) in [6.45, 7) is 6.09. The second-order valence-electron chi connectivity index (χ2n) is 6.42. The van der Waals surface area contributed by atoms with Gasteiger partial charge in [-0.15, -0.1) is 0 Å². The summed E-state index contributed by atoms with van der Waals surface area (Å²) in [5.41, 5.74) is -0.466. The molecule has 4 heteroatoms. The predicted molar refractivity (Wildman–Crippen MR) is 76.3 cm³/mol. The van der Waals surface area contributed by atoms with Gasteiger partial charge >= 0.3 is 5.97 Å². The maximum atomic E-state index is 11.7. The molecule has 19 heavy (non-hydrogen) atoms. The van der Waals surface area contributed by atoms with Crippen LogP contribution in [0.4, 0.5) is 0 Å². The molecule has 2 aliphatic rings. The molecule has 1 atom stereocenters. The van der Waals surface area contributed by atoms with Crippen molar-refractivity contribution in [1.29, 1.82) is 0 Å². The van der Waals surface area contributed by atoms with E-state index in [1.54, 1.807) is 0 Å². The minimum absolute atomic E-state index is 0.466. The topological polar surface area (TPSA) is 43.8 Å². The van der Waals surface area contributed by atoms with Crippen molar-refractivity contribution < 1.29 is 9.90 Å². The Morgan fingerprint density at radius 1 is 1.26 bits per heavy atom. The lowest BCUT2D eigenvalue weighted by Gasteiger charge is -2.44. The van der Waals surface area contributed by atoms with Crippen LogP contribution in [0.1, 0.15) is 45.4 Å². The third-order valence-electron chi connectivity index (χ3n) is 5.12. The molecule has 2 rings (SSSR count). The Morgan fingerprint density at radius 2 is 1.95 bits per heavy atom. The summed E-state index contributed by atoms with van der Waals surface area (Å²) in [5.74, 6) is -0.570. The van der Waals surface area contributed by atoms with Crippen LogP contribution in [0, 0.1) is 5.41 Å². The SMILES string of the molecule is CCC1CN(CC2(C(=O)O)CCCCC2)CCN1C. The summed E-state index contributed by atoms with van der Waals surface area (Å²) in [6, 6.07) is 0.586. The van der Waals surface area contributed by atoms with E-state index in [-0.39, 0.29) is 0 Å². The number of nitrogens with zero attached hydrogens (tertiary/aromatic N) is 2. The Hall–Kier alpha value is -0.610. The van der Waals surface area contributed by atoms with Crippen molar-refractivity contribution in [2.75, 3.05) is 33.2 Å². The van der Waals surface area contributed by atoms with Gasteiger partial charge in [0.25, 0.3) is 0 Å². The highest BCUT2D eigenvalue weighted by molar-refractivity contribution is 5.75. The third kappa shape index (κ3) is 3.29. The molecule has 1 N–H and O–H groups in total. The Morgan fingerprint density at radius 3 is 2.53 bits per heavy atom. The standard InChI is InChI=1S/C15H28N2O2/c1-3-13-11-17(10-9-16(13)2)12-15(14(18)19)7-5-4-6-8-15/h13H,3-12H2,1-2H3,(H,18,19). The molecule has 1 aliphatic heterocycles. The highest BCUT2D eigenvalue weighted by atomic mass is 16.4. The molecule has 1 saturated heterocycles. The van der Waals surface area contributed by atoms with Crippen LogP contribution >= 0.6 is 0 Å².